The molecule has 2 aromatic rings. The van der Waals surface area contributed by atoms with Crippen molar-refractivity contribution in [1.82, 2.24) is 0 Å². The van der Waals surface area contributed by atoms with Gasteiger partial charge in [-0.05, 0) is 35.9 Å². The molecule has 0 spiro atoms. The van der Waals surface area contributed by atoms with Gasteiger partial charge in [0.25, 0.3) is 0 Å². The number of halogens is 4. The van der Waals surface area contributed by atoms with Crippen molar-refractivity contribution >= 4 is 5.69 Å². The Morgan fingerprint density at radius 1 is 1.00 bits per heavy atom. The van der Waals surface area contributed by atoms with Gasteiger partial charge in [-0.15, -0.1) is 13.2 Å². The lowest BCUT2D eigenvalue weighted by Crippen LogP contribution is -2.17. The van der Waals surface area contributed by atoms with Crippen LogP contribution in [0.2, 0.25) is 0 Å². The highest BCUT2D eigenvalue weighted by molar-refractivity contribution is 5.73. The van der Waals surface area contributed by atoms with Gasteiger partial charge in [0.05, 0.1) is 0 Å². The van der Waals surface area contributed by atoms with Crippen molar-refractivity contribution in [2.75, 3.05) is 5.73 Å². The van der Waals surface area contributed by atoms with Crippen LogP contribution >= 0.6 is 0 Å². The Morgan fingerprint density at radius 2 is 1.74 bits per heavy atom. The molecular weight excluding hydrogens is 262 g/mol. The third-order valence-electron chi connectivity index (χ3n) is 2.36. The molecule has 0 radical (unpaired) electrons. The molecular formula is C13H9F4NO. The highest BCUT2D eigenvalue weighted by Crippen LogP contribution is 2.35. The van der Waals surface area contributed by atoms with E-state index in [1.165, 1.54) is 30.3 Å². The van der Waals surface area contributed by atoms with Crippen molar-refractivity contribution in [3.8, 4) is 16.9 Å². The first-order valence-electron chi connectivity index (χ1n) is 5.26. The zero-order chi connectivity index (χ0) is 14.0. The Labute approximate surface area is 106 Å². The van der Waals surface area contributed by atoms with E-state index in [1.54, 1.807) is 0 Å². The molecule has 6 heteroatoms. The number of ether oxygens (including phenoxy) is 1. The zero-order valence-corrected chi connectivity index (χ0v) is 9.54. The summed E-state index contributed by atoms with van der Waals surface area (Å²) >= 11 is 0. The topological polar surface area (TPSA) is 35.2 Å². The predicted molar refractivity (Wildman–Crippen MR) is 62.9 cm³/mol. The molecule has 0 amide bonds. The standard InChI is InChI=1S/C13H9F4NO/c14-9-3-1-2-8(6-9)11-7-10(18)4-5-12(11)19-13(15,16)17/h1-7H,18H2. The highest BCUT2D eigenvalue weighted by atomic mass is 19.4. The first-order chi connectivity index (χ1) is 8.85. The monoisotopic (exact) mass is 271 g/mol. The van der Waals surface area contributed by atoms with E-state index in [0.29, 0.717) is 0 Å². The third-order valence-corrected chi connectivity index (χ3v) is 2.36. The van der Waals surface area contributed by atoms with Crippen molar-refractivity contribution in [2.45, 2.75) is 6.36 Å². The van der Waals surface area contributed by atoms with Crippen molar-refractivity contribution in [3.05, 3.63) is 48.3 Å². The van der Waals surface area contributed by atoms with E-state index in [-0.39, 0.29) is 16.8 Å². The fourth-order valence-electron chi connectivity index (χ4n) is 1.64. The molecule has 0 fully saturated rings. The molecule has 2 nitrogen and oxygen atoms in total. The average molecular weight is 271 g/mol. The van der Waals surface area contributed by atoms with Crippen molar-refractivity contribution < 1.29 is 22.3 Å². The smallest absolute Gasteiger partial charge is 0.405 e. The number of benzene rings is 2. The van der Waals surface area contributed by atoms with Crippen molar-refractivity contribution in [1.29, 1.82) is 0 Å². The van der Waals surface area contributed by atoms with E-state index in [9.17, 15) is 17.6 Å². The molecule has 2 N–H and O–H groups in total. The maximum absolute atomic E-state index is 13.1. The van der Waals surface area contributed by atoms with Gasteiger partial charge in [0.2, 0.25) is 0 Å². The summed E-state index contributed by atoms with van der Waals surface area (Å²) in [4.78, 5) is 0. The third kappa shape index (κ3) is 3.37. The maximum Gasteiger partial charge on any atom is 0.573 e. The van der Waals surface area contributed by atoms with Crippen LogP contribution in [0.15, 0.2) is 42.5 Å². The number of anilines is 1. The van der Waals surface area contributed by atoms with Crippen LogP contribution in [0.25, 0.3) is 11.1 Å². The molecule has 0 unspecified atom stereocenters. The van der Waals surface area contributed by atoms with Gasteiger partial charge < -0.3 is 10.5 Å². The van der Waals surface area contributed by atoms with Crippen LogP contribution in [0.5, 0.6) is 5.75 Å². The van der Waals surface area contributed by atoms with Crippen molar-refractivity contribution in [3.63, 3.8) is 0 Å². The van der Waals surface area contributed by atoms with Gasteiger partial charge in [0, 0.05) is 11.3 Å². The normalized spacial score (nSPS) is 11.4. The second-order valence-corrected chi connectivity index (χ2v) is 3.81. The van der Waals surface area contributed by atoms with Crippen LogP contribution in [0, 0.1) is 5.82 Å². The van der Waals surface area contributed by atoms with E-state index in [2.05, 4.69) is 4.74 Å². The fourth-order valence-corrected chi connectivity index (χ4v) is 1.64. The molecule has 2 rings (SSSR count). The molecule has 0 aliphatic carbocycles. The lowest BCUT2D eigenvalue weighted by atomic mass is 10.0. The minimum Gasteiger partial charge on any atom is -0.405 e. The van der Waals surface area contributed by atoms with Crippen LogP contribution in [-0.2, 0) is 0 Å². The van der Waals surface area contributed by atoms with Gasteiger partial charge >= 0.3 is 6.36 Å². The lowest BCUT2D eigenvalue weighted by molar-refractivity contribution is -0.274. The summed E-state index contributed by atoms with van der Waals surface area (Å²) in [6, 6.07) is 8.85. The molecule has 0 aliphatic rings. The van der Waals surface area contributed by atoms with Gasteiger partial charge in [-0.3, -0.25) is 0 Å². The number of hydrogen-bond acceptors (Lipinski definition) is 2. The van der Waals surface area contributed by atoms with Crippen LogP contribution in [0.1, 0.15) is 0 Å². The second-order valence-electron chi connectivity index (χ2n) is 3.81. The van der Waals surface area contributed by atoms with Crippen molar-refractivity contribution in [2.24, 2.45) is 0 Å². The summed E-state index contributed by atoms with van der Waals surface area (Å²) in [6.07, 6.45) is -4.82. The lowest BCUT2D eigenvalue weighted by Gasteiger charge is -2.14. The summed E-state index contributed by atoms with van der Waals surface area (Å²) in [5.74, 6) is -0.981. The average Bonchev–Trinajstić information content (AvgIpc) is 2.30. The minimum absolute atomic E-state index is 0.0804. The molecule has 0 bridgehead atoms. The summed E-state index contributed by atoms with van der Waals surface area (Å²) in [5.41, 5.74) is 6.13. The number of alkyl halides is 3. The first-order valence-corrected chi connectivity index (χ1v) is 5.26. The first kappa shape index (κ1) is 13.2. The molecule has 19 heavy (non-hydrogen) atoms. The number of nitrogen functional groups attached to an aromatic ring is 1. The van der Waals surface area contributed by atoms with Crippen LogP contribution < -0.4 is 10.5 Å². The molecule has 2 aromatic carbocycles. The molecule has 0 atom stereocenters. The Morgan fingerprint density at radius 3 is 2.37 bits per heavy atom. The molecule has 0 aliphatic heterocycles. The quantitative estimate of drug-likeness (QED) is 0.662. The fraction of sp³-hybridized carbons (Fsp3) is 0.0769. The largest absolute Gasteiger partial charge is 0.573 e. The SMILES string of the molecule is Nc1ccc(OC(F)(F)F)c(-c2cccc(F)c2)c1. The van der Waals surface area contributed by atoms with Gasteiger partial charge in [0.15, 0.2) is 0 Å². The summed E-state index contributed by atoms with van der Waals surface area (Å²) in [7, 11) is 0. The van der Waals surface area contributed by atoms with Gasteiger partial charge in [-0.2, -0.15) is 0 Å². The van der Waals surface area contributed by atoms with Gasteiger partial charge in [-0.25, -0.2) is 4.39 Å². The van der Waals surface area contributed by atoms with E-state index in [1.807, 2.05) is 0 Å². The molecule has 0 saturated heterocycles. The highest BCUT2D eigenvalue weighted by Gasteiger charge is 2.32. The minimum atomic E-state index is -4.82. The Bertz CT molecular complexity index is 595. The molecule has 0 heterocycles. The maximum atomic E-state index is 13.1. The molecule has 100 valence electrons. The Hall–Kier alpha value is -2.24. The summed E-state index contributed by atoms with van der Waals surface area (Å²) in [5, 5.41) is 0. The van der Waals surface area contributed by atoms with E-state index < -0.39 is 17.9 Å². The second kappa shape index (κ2) is 4.79. The predicted octanol–water partition coefficient (Wildman–Crippen LogP) is 3.97. The van der Waals surface area contributed by atoms with Gasteiger partial charge in [-0.1, -0.05) is 12.1 Å². The zero-order valence-electron chi connectivity index (χ0n) is 9.54. The summed E-state index contributed by atoms with van der Waals surface area (Å²) < 4.78 is 53.9. The number of rotatable bonds is 2. The van der Waals surface area contributed by atoms with Crippen LogP contribution in [-0.4, -0.2) is 6.36 Å². The van der Waals surface area contributed by atoms with E-state index in [0.717, 1.165) is 12.1 Å². The Balaban J connectivity index is 2.51. The Kier molecular flexibility index (Phi) is 3.33. The summed E-state index contributed by atoms with van der Waals surface area (Å²) in [6.45, 7) is 0. The van der Waals surface area contributed by atoms with E-state index >= 15 is 0 Å². The van der Waals surface area contributed by atoms with Crippen LogP contribution in [0.3, 0.4) is 0 Å². The molecule has 0 aromatic heterocycles. The van der Waals surface area contributed by atoms with Gasteiger partial charge in [0.1, 0.15) is 11.6 Å². The number of nitrogens with two attached hydrogens (primary N) is 1. The van der Waals surface area contributed by atoms with Crippen LogP contribution in [0.4, 0.5) is 23.2 Å². The number of hydrogen-bond donors (Lipinski definition) is 1. The molecule has 0 saturated carbocycles. The van der Waals surface area contributed by atoms with E-state index in [4.69, 9.17) is 5.73 Å².